The van der Waals surface area contributed by atoms with Gasteiger partial charge in [-0.05, 0) is 22.0 Å². The van der Waals surface area contributed by atoms with Crippen molar-refractivity contribution in [2.45, 2.75) is 0 Å². The lowest BCUT2D eigenvalue weighted by atomic mass is 10.3. The fourth-order valence-corrected chi connectivity index (χ4v) is 1.54. The Hall–Kier alpha value is -1.01. The second kappa shape index (κ2) is 5.91. The smallest absolute Gasteiger partial charge is 0.195 e. The van der Waals surface area contributed by atoms with Crippen LogP contribution in [0.5, 0.6) is 5.75 Å². The second-order valence-electron chi connectivity index (χ2n) is 2.96. The first-order valence-corrected chi connectivity index (χ1v) is 5.12. The number of carbonyl (C=O) groups is 1. The van der Waals surface area contributed by atoms with Crippen molar-refractivity contribution in [3.8, 4) is 5.75 Å². The third-order valence-corrected chi connectivity index (χ3v) is 2.23. The minimum atomic E-state index is -0.864. The fourth-order valence-electron chi connectivity index (χ4n) is 1.02. The highest BCUT2D eigenvalue weighted by Crippen LogP contribution is 2.29. The molecule has 0 amide bonds. The number of rotatable bonds is 5. The summed E-state index contributed by atoms with van der Waals surface area (Å²) in [7, 11) is 1.37. The van der Waals surface area contributed by atoms with Crippen molar-refractivity contribution in [1.82, 2.24) is 0 Å². The third-order valence-electron chi connectivity index (χ3n) is 1.65. The average molecular weight is 295 g/mol. The predicted molar refractivity (Wildman–Crippen MR) is 56.4 cm³/mol. The van der Waals surface area contributed by atoms with Gasteiger partial charge in [-0.25, -0.2) is 8.78 Å². The summed E-state index contributed by atoms with van der Waals surface area (Å²) >= 11 is 2.94. The summed E-state index contributed by atoms with van der Waals surface area (Å²) in [6, 6.07) is 1.74. The van der Waals surface area contributed by atoms with Crippen molar-refractivity contribution in [3.63, 3.8) is 0 Å². The van der Waals surface area contributed by atoms with Gasteiger partial charge in [-0.1, -0.05) is 0 Å². The molecule has 0 radical (unpaired) electrons. The summed E-state index contributed by atoms with van der Waals surface area (Å²) in [6.45, 7) is -0.435. The maximum Gasteiger partial charge on any atom is 0.195 e. The van der Waals surface area contributed by atoms with Crippen LogP contribution in [0.15, 0.2) is 16.6 Å². The lowest BCUT2D eigenvalue weighted by Crippen LogP contribution is -2.17. The molecule has 0 heterocycles. The van der Waals surface area contributed by atoms with Gasteiger partial charge in [0.2, 0.25) is 0 Å². The van der Waals surface area contributed by atoms with E-state index in [4.69, 9.17) is 4.74 Å². The Balaban J connectivity index is 2.70. The summed E-state index contributed by atoms with van der Waals surface area (Å²) in [4.78, 5) is 11.0. The van der Waals surface area contributed by atoms with Crippen LogP contribution in [0.4, 0.5) is 8.78 Å². The molecule has 16 heavy (non-hydrogen) atoms. The first-order valence-electron chi connectivity index (χ1n) is 4.32. The highest BCUT2D eigenvalue weighted by atomic mass is 79.9. The molecule has 0 aromatic heterocycles. The van der Waals surface area contributed by atoms with E-state index in [1.807, 2.05) is 0 Å². The predicted octanol–water partition coefficient (Wildman–Crippen LogP) is 2.32. The van der Waals surface area contributed by atoms with Gasteiger partial charge in [0.05, 0.1) is 4.47 Å². The van der Waals surface area contributed by atoms with E-state index < -0.39 is 11.6 Å². The summed E-state index contributed by atoms with van der Waals surface area (Å²) < 4.78 is 35.5. The van der Waals surface area contributed by atoms with Crippen LogP contribution in [0.3, 0.4) is 0 Å². The van der Waals surface area contributed by atoms with Gasteiger partial charge < -0.3 is 9.47 Å². The van der Waals surface area contributed by atoms with Crippen LogP contribution >= 0.6 is 15.9 Å². The van der Waals surface area contributed by atoms with Gasteiger partial charge in [0.15, 0.2) is 17.3 Å². The second-order valence-corrected chi connectivity index (χ2v) is 3.81. The molecule has 0 saturated heterocycles. The van der Waals surface area contributed by atoms with Crippen molar-refractivity contribution in [2.24, 2.45) is 0 Å². The Bertz CT molecular complexity index is 373. The van der Waals surface area contributed by atoms with Crippen molar-refractivity contribution < 1.29 is 23.0 Å². The number of ketones is 1. The number of Topliss-reactive ketones (excluding diaryl/α,β-unsaturated/α-hetero) is 1. The standard InChI is InChI=1S/C10H9BrF2O3/c1-15-4-7(14)5-16-10-8(11)2-6(12)3-9(10)13/h2-3H,4-5H2,1H3. The van der Waals surface area contributed by atoms with E-state index in [0.29, 0.717) is 6.07 Å². The van der Waals surface area contributed by atoms with Crippen molar-refractivity contribution in [3.05, 3.63) is 28.2 Å². The van der Waals surface area contributed by atoms with E-state index in [0.717, 1.165) is 6.07 Å². The Morgan fingerprint density at radius 2 is 2.06 bits per heavy atom. The molecule has 1 rings (SSSR count). The van der Waals surface area contributed by atoms with Gasteiger partial charge >= 0.3 is 0 Å². The quantitative estimate of drug-likeness (QED) is 0.836. The lowest BCUT2D eigenvalue weighted by Gasteiger charge is -2.08. The molecule has 0 unspecified atom stereocenters. The van der Waals surface area contributed by atoms with E-state index in [9.17, 15) is 13.6 Å². The molecule has 0 aliphatic rings. The van der Waals surface area contributed by atoms with Gasteiger partial charge in [0.1, 0.15) is 19.0 Å². The molecule has 1 aromatic rings. The molecule has 0 aliphatic carbocycles. The molecular weight excluding hydrogens is 286 g/mol. The molecule has 0 N–H and O–H groups in total. The van der Waals surface area contributed by atoms with Crippen LogP contribution in [0, 0.1) is 11.6 Å². The maximum absolute atomic E-state index is 13.2. The molecule has 0 saturated carbocycles. The van der Waals surface area contributed by atoms with E-state index in [1.54, 1.807) is 0 Å². The summed E-state index contributed by atoms with van der Waals surface area (Å²) in [5.41, 5.74) is 0. The first kappa shape index (κ1) is 13.1. The van der Waals surface area contributed by atoms with Crippen LogP contribution in [-0.2, 0) is 9.53 Å². The number of methoxy groups -OCH3 is 1. The molecule has 0 aliphatic heterocycles. The van der Waals surface area contributed by atoms with Gasteiger partial charge in [-0.15, -0.1) is 0 Å². The Morgan fingerprint density at radius 1 is 1.38 bits per heavy atom. The van der Waals surface area contributed by atoms with Gasteiger partial charge in [-0.2, -0.15) is 0 Å². The van der Waals surface area contributed by atoms with Crippen molar-refractivity contribution >= 4 is 21.7 Å². The minimum Gasteiger partial charge on any atom is -0.481 e. The van der Waals surface area contributed by atoms with Crippen LogP contribution in [0.2, 0.25) is 0 Å². The minimum absolute atomic E-state index is 0.111. The average Bonchev–Trinajstić information content (AvgIpc) is 2.16. The fraction of sp³-hybridized carbons (Fsp3) is 0.300. The number of halogens is 3. The van der Waals surface area contributed by atoms with Crippen LogP contribution in [-0.4, -0.2) is 26.1 Å². The first-order chi connectivity index (χ1) is 7.54. The van der Waals surface area contributed by atoms with E-state index in [-0.39, 0.29) is 29.2 Å². The monoisotopic (exact) mass is 294 g/mol. The highest BCUT2D eigenvalue weighted by molar-refractivity contribution is 9.10. The third kappa shape index (κ3) is 3.53. The van der Waals surface area contributed by atoms with Gasteiger partial charge in [0.25, 0.3) is 0 Å². The topological polar surface area (TPSA) is 35.5 Å². The van der Waals surface area contributed by atoms with Gasteiger partial charge in [0, 0.05) is 13.2 Å². The SMILES string of the molecule is COCC(=O)COc1c(F)cc(F)cc1Br. The summed E-state index contributed by atoms with van der Waals surface area (Å²) in [5, 5.41) is 0. The normalized spacial score (nSPS) is 10.2. The summed E-state index contributed by atoms with van der Waals surface area (Å²) in [6.07, 6.45) is 0. The largest absolute Gasteiger partial charge is 0.481 e. The molecule has 0 fully saturated rings. The molecule has 0 spiro atoms. The number of hydrogen-bond donors (Lipinski definition) is 0. The maximum atomic E-state index is 13.2. The summed E-state index contributed by atoms with van der Waals surface area (Å²) in [5.74, 6) is -2.11. The van der Waals surface area contributed by atoms with E-state index in [1.165, 1.54) is 7.11 Å². The number of hydrogen-bond acceptors (Lipinski definition) is 3. The molecule has 6 heteroatoms. The zero-order chi connectivity index (χ0) is 12.1. The number of ether oxygens (including phenoxy) is 2. The molecule has 3 nitrogen and oxygen atoms in total. The van der Waals surface area contributed by atoms with E-state index in [2.05, 4.69) is 20.7 Å². The van der Waals surface area contributed by atoms with Crippen molar-refractivity contribution in [1.29, 1.82) is 0 Å². The van der Waals surface area contributed by atoms with E-state index >= 15 is 0 Å². The van der Waals surface area contributed by atoms with Crippen molar-refractivity contribution in [2.75, 3.05) is 20.3 Å². The van der Waals surface area contributed by atoms with Crippen LogP contribution in [0.25, 0.3) is 0 Å². The zero-order valence-corrected chi connectivity index (χ0v) is 10.0. The Morgan fingerprint density at radius 3 is 2.62 bits per heavy atom. The number of benzene rings is 1. The zero-order valence-electron chi connectivity index (χ0n) is 8.43. The highest BCUT2D eigenvalue weighted by Gasteiger charge is 2.12. The van der Waals surface area contributed by atoms with Gasteiger partial charge in [-0.3, -0.25) is 4.79 Å². The van der Waals surface area contributed by atoms with Crippen LogP contribution < -0.4 is 4.74 Å². The van der Waals surface area contributed by atoms with Crippen LogP contribution in [0.1, 0.15) is 0 Å². The Kier molecular flexibility index (Phi) is 4.82. The molecule has 1 aromatic carbocycles. The molecular formula is C10H9BrF2O3. The Labute approximate surface area is 99.5 Å². The number of carbonyl (C=O) groups excluding carboxylic acids is 1. The lowest BCUT2D eigenvalue weighted by molar-refractivity contribution is -0.124. The molecule has 0 bridgehead atoms. The molecule has 0 atom stereocenters. The molecule has 88 valence electrons.